The molecule has 9 nitrogen and oxygen atoms in total. The summed E-state index contributed by atoms with van der Waals surface area (Å²) in [6, 6.07) is 20.7. The molecule has 2 amide bonds. The number of para-hydroxylation sites is 1. The second-order valence-electron chi connectivity index (χ2n) is 8.33. The second-order valence-corrected chi connectivity index (χ2v) is 8.76. The third-order valence-corrected chi connectivity index (χ3v) is 5.64. The summed E-state index contributed by atoms with van der Waals surface area (Å²) in [4.78, 5) is 37.3. The molecule has 0 aliphatic heterocycles. The maximum absolute atomic E-state index is 12.4. The summed E-state index contributed by atoms with van der Waals surface area (Å²) in [7, 11) is 0. The Morgan fingerprint density at radius 3 is 2.16 bits per heavy atom. The molecule has 0 radical (unpaired) electrons. The van der Waals surface area contributed by atoms with Crippen LogP contribution in [0.2, 0.25) is 5.02 Å². The van der Waals surface area contributed by atoms with Crippen molar-refractivity contribution < 1.29 is 9.59 Å². The molecule has 0 fully saturated rings. The molecule has 4 rings (SSSR count). The quantitative estimate of drug-likeness (QED) is 0.224. The van der Waals surface area contributed by atoms with E-state index in [2.05, 4.69) is 36.2 Å². The van der Waals surface area contributed by atoms with Crippen LogP contribution in [0.5, 0.6) is 0 Å². The van der Waals surface area contributed by atoms with Crippen molar-refractivity contribution in [2.75, 3.05) is 36.8 Å². The number of carbonyl (C=O) groups excluding carboxylic acids is 2. The average molecular weight is 518 g/mol. The Morgan fingerprint density at radius 1 is 0.784 bits per heavy atom. The number of hydrogen-bond donors (Lipinski definition) is 4. The molecule has 2 aromatic heterocycles. The Labute approximate surface area is 220 Å². The Hall–Kier alpha value is -4.24. The molecule has 2 heterocycles. The van der Waals surface area contributed by atoms with Crippen molar-refractivity contribution in [3.63, 3.8) is 0 Å². The summed E-state index contributed by atoms with van der Waals surface area (Å²) in [6.45, 7) is 3.34. The first-order chi connectivity index (χ1) is 18.0. The summed E-state index contributed by atoms with van der Waals surface area (Å²) in [5.74, 6) is 1.54. The van der Waals surface area contributed by atoms with Crippen LogP contribution in [-0.2, 0) is 16.0 Å². The van der Waals surface area contributed by atoms with Gasteiger partial charge < -0.3 is 21.3 Å². The largest absolute Gasteiger partial charge is 0.368 e. The van der Waals surface area contributed by atoms with Gasteiger partial charge in [-0.2, -0.15) is 0 Å². The first-order valence-corrected chi connectivity index (χ1v) is 12.3. The number of nitrogens with zero attached hydrogens (tertiary/aromatic N) is 3. The van der Waals surface area contributed by atoms with E-state index >= 15 is 0 Å². The fourth-order valence-electron chi connectivity index (χ4n) is 3.61. The summed E-state index contributed by atoms with van der Waals surface area (Å²) in [5, 5.41) is 13.8. The lowest BCUT2D eigenvalue weighted by atomic mass is 10.2. The SMILES string of the molecule is CC(=O)NCCNc1cc(NCCNC(=O)Cc2ccc3ccccc3n2)nc(-c2ccc(Cl)cc2)n1. The van der Waals surface area contributed by atoms with Crippen LogP contribution in [0.15, 0.2) is 66.7 Å². The molecule has 0 saturated carbocycles. The molecular weight excluding hydrogens is 490 g/mol. The number of pyridine rings is 1. The van der Waals surface area contributed by atoms with Crippen LogP contribution in [-0.4, -0.2) is 52.9 Å². The van der Waals surface area contributed by atoms with Crippen LogP contribution < -0.4 is 21.3 Å². The second kappa shape index (κ2) is 12.6. The highest BCUT2D eigenvalue weighted by molar-refractivity contribution is 6.30. The number of rotatable bonds is 11. The van der Waals surface area contributed by atoms with E-state index in [0.29, 0.717) is 48.7 Å². The molecule has 190 valence electrons. The summed E-state index contributed by atoms with van der Waals surface area (Å²) in [6.07, 6.45) is 0.210. The fourth-order valence-corrected chi connectivity index (χ4v) is 3.74. The van der Waals surface area contributed by atoms with Gasteiger partial charge in [0.15, 0.2) is 5.82 Å². The van der Waals surface area contributed by atoms with Crippen LogP contribution in [0.1, 0.15) is 12.6 Å². The van der Waals surface area contributed by atoms with E-state index < -0.39 is 0 Å². The number of halogens is 1. The molecule has 0 spiro atoms. The molecule has 10 heteroatoms. The molecule has 4 N–H and O–H groups in total. The number of hydrogen-bond acceptors (Lipinski definition) is 7. The van der Waals surface area contributed by atoms with E-state index in [1.165, 1.54) is 6.92 Å². The van der Waals surface area contributed by atoms with Gasteiger partial charge in [-0.15, -0.1) is 0 Å². The first kappa shape index (κ1) is 25.8. The number of nitrogens with one attached hydrogen (secondary N) is 4. The van der Waals surface area contributed by atoms with Crippen LogP contribution in [0.3, 0.4) is 0 Å². The molecule has 0 aliphatic rings. The molecule has 0 atom stereocenters. The summed E-state index contributed by atoms with van der Waals surface area (Å²) < 4.78 is 0. The predicted octanol–water partition coefficient (Wildman–Crippen LogP) is 3.66. The predicted molar refractivity (Wildman–Crippen MR) is 147 cm³/mol. The number of amides is 2. The van der Waals surface area contributed by atoms with Gasteiger partial charge in [0, 0.05) is 55.1 Å². The third kappa shape index (κ3) is 7.88. The van der Waals surface area contributed by atoms with Gasteiger partial charge in [-0.05, 0) is 36.4 Å². The zero-order chi connectivity index (χ0) is 26.0. The van der Waals surface area contributed by atoms with E-state index in [0.717, 1.165) is 22.2 Å². The van der Waals surface area contributed by atoms with Crippen molar-refractivity contribution in [2.24, 2.45) is 0 Å². The van der Waals surface area contributed by atoms with Crippen LogP contribution in [0, 0.1) is 0 Å². The minimum atomic E-state index is -0.102. The van der Waals surface area contributed by atoms with E-state index in [1.807, 2.05) is 48.5 Å². The first-order valence-electron chi connectivity index (χ1n) is 11.9. The highest BCUT2D eigenvalue weighted by Crippen LogP contribution is 2.22. The van der Waals surface area contributed by atoms with E-state index in [-0.39, 0.29) is 18.2 Å². The molecule has 0 bridgehead atoms. The van der Waals surface area contributed by atoms with E-state index in [9.17, 15) is 9.59 Å². The lowest BCUT2D eigenvalue weighted by Gasteiger charge is -2.12. The van der Waals surface area contributed by atoms with Gasteiger partial charge in [-0.3, -0.25) is 14.6 Å². The zero-order valence-corrected chi connectivity index (χ0v) is 21.2. The van der Waals surface area contributed by atoms with Crippen LogP contribution in [0.25, 0.3) is 22.3 Å². The lowest BCUT2D eigenvalue weighted by Crippen LogP contribution is -2.30. The van der Waals surface area contributed by atoms with Crippen molar-refractivity contribution in [3.8, 4) is 11.4 Å². The smallest absolute Gasteiger partial charge is 0.226 e. The zero-order valence-electron chi connectivity index (χ0n) is 20.4. The Morgan fingerprint density at radius 2 is 1.46 bits per heavy atom. The normalized spacial score (nSPS) is 10.6. The van der Waals surface area contributed by atoms with Crippen LogP contribution in [0.4, 0.5) is 11.6 Å². The Bertz CT molecular complexity index is 1380. The number of aromatic nitrogens is 3. The third-order valence-electron chi connectivity index (χ3n) is 5.38. The standard InChI is InChI=1S/C27H28ClN7O2/c1-18(36)29-12-13-30-24-17-25(35-27(34-24)20-6-9-21(28)10-7-20)31-14-15-32-26(37)16-22-11-8-19-4-2-3-5-23(19)33-22/h2-11,17H,12-16H2,1H3,(H,29,36)(H,32,37)(H2,30,31,34,35). The van der Waals surface area contributed by atoms with Crippen molar-refractivity contribution in [1.82, 2.24) is 25.6 Å². The highest BCUT2D eigenvalue weighted by atomic mass is 35.5. The van der Waals surface area contributed by atoms with Gasteiger partial charge in [0.1, 0.15) is 11.6 Å². The Balaban J connectivity index is 1.34. The fraction of sp³-hybridized carbons (Fsp3) is 0.222. The Kier molecular flexibility index (Phi) is 8.83. The summed E-state index contributed by atoms with van der Waals surface area (Å²) in [5.41, 5.74) is 2.41. The molecular formula is C27H28ClN7O2. The van der Waals surface area contributed by atoms with Gasteiger partial charge in [0.05, 0.1) is 17.6 Å². The maximum atomic E-state index is 12.4. The molecule has 2 aromatic carbocycles. The lowest BCUT2D eigenvalue weighted by molar-refractivity contribution is -0.120. The van der Waals surface area contributed by atoms with Gasteiger partial charge in [-0.1, -0.05) is 35.9 Å². The molecule has 4 aromatic rings. The molecule has 0 unspecified atom stereocenters. The van der Waals surface area contributed by atoms with Gasteiger partial charge in [0.2, 0.25) is 11.8 Å². The van der Waals surface area contributed by atoms with Gasteiger partial charge >= 0.3 is 0 Å². The number of fused-ring (bicyclic) bond motifs is 1. The van der Waals surface area contributed by atoms with Gasteiger partial charge in [-0.25, -0.2) is 9.97 Å². The number of anilines is 2. The molecule has 0 saturated heterocycles. The van der Waals surface area contributed by atoms with Crippen molar-refractivity contribution >= 4 is 46.0 Å². The topological polar surface area (TPSA) is 121 Å². The molecule has 0 aliphatic carbocycles. The van der Waals surface area contributed by atoms with Crippen molar-refractivity contribution in [1.29, 1.82) is 0 Å². The minimum Gasteiger partial charge on any atom is -0.368 e. The maximum Gasteiger partial charge on any atom is 0.226 e. The summed E-state index contributed by atoms with van der Waals surface area (Å²) >= 11 is 6.02. The average Bonchev–Trinajstić information content (AvgIpc) is 2.89. The number of benzene rings is 2. The van der Waals surface area contributed by atoms with Crippen molar-refractivity contribution in [2.45, 2.75) is 13.3 Å². The minimum absolute atomic E-state index is 0.0906. The number of carbonyl (C=O) groups is 2. The molecule has 37 heavy (non-hydrogen) atoms. The monoisotopic (exact) mass is 517 g/mol. The van der Waals surface area contributed by atoms with Crippen molar-refractivity contribution in [3.05, 3.63) is 77.4 Å². The van der Waals surface area contributed by atoms with Crippen LogP contribution >= 0.6 is 11.6 Å². The van der Waals surface area contributed by atoms with Gasteiger partial charge in [0.25, 0.3) is 0 Å². The highest BCUT2D eigenvalue weighted by Gasteiger charge is 2.09. The van der Waals surface area contributed by atoms with E-state index in [1.54, 1.807) is 18.2 Å². The van der Waals surface area contributed by atoms with E-state index in [4.69, 9.17) is 11.6 Å².